The minimum absolute atomic E-state index is 0.0713. The zero-order valence-electron chi connectivity index (χ0n) is 14.4. The third-order valence-corrected chi connectivity index (χ3v) is 5.38. The van der Waals surface area contributed by atoms with Gasteiger partial charge in [0, 0.05) is 0 Å². The second kappa shape index (κ2) is 6.16. The maximum Gasteiger partial charge on any atom is 0.200 e. The van der Waals surface area contributed by atoms with Crippen molar-refractivity contribution in [1.82, 2.24) is 0 Å². The highest BCUT2D eigenvalue weighted by atomic mass is 19.2. The van der Waals surface area contributed by atoms with Crippen LogP contribution >= 0.6 is 0 Å². The van der Waals surface area contributed by atoms with Crippen molar-refractivity contribution in [3.63, 3.8) is 0 Å². The lowest BCUT2D eigenvalue weighted by molar-refractivity contribution is -0.0965. The van der Waals surface area contributed by atoms with E-state index in [-0.39, 0.29) is 11.6 Å². The largest absolute Gasteiger partial charge is 0.411 e. The molecule has 1 N–H and O–H groups in total. The Morgan fingerprint density at radius 1 is 1.08 bits per heavy atom. The van der Waals surface area contributed by atoms with Gasteiger partial charge in [-0.2, -0.15) is 0 Å². The van der Waals surface area contributed by atoms with E-state index in [1.165, 1.54) is 0 Å². The van der Waals surface area contributed by atoms with Crippen LogP contribution < -0.4 is 0 Å². The van der Waals surface area contributed by atoms with Crippen LogP contribution in [0.3, 0.4) is 0 Å². The molecule has 0 saturated carbocycles. The van der Waals surface area contributed by atoms with Gasteiger partial charge in [-0.1, -0.05) is 19.0 Å². The molecule has 2 aliphatic heterocycles. The van der Waals surface area contributed by atoms with E-state index < -0.39 is 58.6 Å². The van der Waals surface area contributed by atoms with Gasteiger partial charge in [-0.25, -0.2) is 22.0 Å². The fraction of sp³-hybridized carbons (Fsp3) is 0.588. The monoisotopic (exact) mass is 379 g/mol. The number of hydrogen-bond acceptors (Lipinski definition) is 4. The summed E-state index contributed by atoms with van der Waals surface area (Å²) in [6.07, 6.45) is 0.133. The third-order valence-electron chi connectivity index (χ3n) is 5.38. The molecule has 3 atom stereocenters. The van der Waals surface area contributed by atoms with Crippen molar-refractivity contribution in [3.8, 4) is 0 Å². The Kier molecular flexibility index (Phi) is 4.51. The molecule has 2 aliphatic rings. The number of rotatable bonds is 4. The molecule has 1 aromatic carbocycles. The molecule has 2 heterocycles. The molecule has 3 rings (SSSR count). The minimum atomic E-state index is -2.23. The lowest BCUT2D eigenvalue weighted by Crippen LogP contribution is -2.48. The third kappa shape index (κ3) is 2.44. The van der Waals surface area contributed by atoms with Crippen LogP contribution in [0.2, 0.25) is 0 Å². The maximum absolute atomic E-state index is 13.8. The number of ether oxygens (including phenoxy) is 2. The molecule has 26 heavy (non-hydrogen) atoms. The number of fused-ring (bicyclic) bond motifs is 2. The van der Waals surface area contributed by atoms with Crippen molar-refractivity contribution >= 4 is 5.71 Å². The Morgan fingerprint density at radius 3 is 2.12 bits per heavy atom. The molecule has 0 aromatic heterocycles. The Labute approximate surface area is 146 Å². The molecular formula is C17H18F5NO3. The van der Waals surface area contributed by atoms with Crippen LogP contribution in [0.1, 0.15) is 39.2 Å². The predicted molar refractivity (Wildman–Crippen MR) is 80.3 cm³/mol. The molecule has 1 aromatic rings. The van der Waals surface area contributed by atoms with Gasteiger partial charge in [0.15, 0.2) is 23.3 Å². The second-order valence-electron chi connectivity index (χ2n) is 7.18. The first-order chi connectivity index (χ1) is 12.1. The van der Waals surface area contributed by atoms with Gasteiger partial charge in [-0.3, -0.25) is 0 Å². The summed E-state index contributed by atoms with van der Waals surface area (Å²) >= 11 is 0. The quantitative estimate of drug-likeness (QED) is 0.282. The summed E-state index contributed by atoms with van der Waals surface area (Å²) in [5.74, 6) is -10.3. The molecular weight excluding hydrogens is 361 g/mol. The molecule has 2 bridgehead atoms. The van der Waals surface area contributed by atoms with Crippen LogP contribution in [0.5, 0.6) is 0 Å². The van der Waals surface area contributed by atoms with Gasteiger partial charge >= 0.3 is 0 Å². The predicted octanol–water partition coefficient (Wildman–Crippen LogP) is 4.08. The summed E-state index contributed by atoms with van der Waals surface area (Å²) in [6.45, 7) is 4.54. The van der Waals surface area contributed by atoms with E-state index in [0.29, 0.717) is 12.8 Å². The first-order valence-corrected chi connectivity index (χ1v) is 8.13. The van der Waals surface area contributed by atoms with Crippen molar-refractivity contribution < 1.29 is 36.6 Å². The maximum atomic E-state index is 13.8. The zero-order valence-corrected chi connectivity index (χ0v) is 14.4. The van der Waals surface area contributed by atoms with Crippen molar-refractivity contribution in [2.24, 2.45) is 11.1 Å². The lowest BCUT2D eigenvalue weighted by atomic mass is 9.74. The smallest absolute Gasteiger partial charge is 0.200 e. The van der Waals surface area contributed by atoms with E-state index in [0.717, 1.165) is 0 Å². The zero-order chi connectivity index (χ0) is 19.4. The molecule has 0 unspecified atom stereocenters. The summed E-state index contributed by atoms with van der Waals surface area (Å²) in [5, 5.41) is 12.7. The topological polar surface area (TPSA) is 51.0 Å². The van der Waals surface area contributed by atoms with Gasteiger partial charge in [0.25, 0.3) is 0 Å². The van der Waals surface area contributed by atoms with Crippen molar-refractivity contribution in [2.45, 2.75) is 57.5 Å². The fourth-order valence-corrected chi connectivity index (χ4v) is 3.87. The van der Waals surface area contributed by atoms with E-state index in [1.54, 1.807) is 6.92 Å². The normalized spacial score (nSPS) is 32.2. The molecule has 0 aliphatic carbocycles. The molecule has 4 nitrogen and oxygen atoms in total. The number of oxime groups is 1. The van der Waals surface area contributed by atoms with Gasteiger partial charge in [0.2, 0.25) is 5.82 Å². The Balaban J connectivity index is 1.92. The van der Waals surface area contributed by atoms with Gasteiger partial charge < -0.3 is 14.7 Å². The average Bonchev–Trinajstić information content (AvgIpc) is 3.08. The molecule has 0 spiro atoms. The number of benzene rings is 1. The standard InChI is InChI=1S/C17H18F5NO3/c1-7(2)17-5-4-16(3,26-17)15(14(17)23-24)25-6-8-9(18)11(20)13(22)12(21)10(8)19/h7,15,24H,4-6H2,1-3H3/t15-,16+,17+/m1/s1. The Hall–Kier alpha value is -1.74. The summed E-state index contributed by atoms with van der Waals surface area (Å²) in [6, 6.07) is 0. The summed E-state index contributed by atoms with van der Waals surface area (Å²) in [7, 11) is 0. The first-order valence-electron chi connectivity index (χ1n) is 8.13. The van der Waals surface area contributed by atoms with E-state index >= 15 is 0 Å². The van der Waals surface area contributed by atoms with Crippen molar-refractivity contribution in [2.75, 3.05) is 0 Å². The minimum Gasteiger partial charge on any atom is -0.411 e. The molecule has 144 valence electrons. The van der Waals surface area contributed by atoms with E-state index in [2.05, 4.69) is 5.16 Å². The molecule has 2 fully saturated rings. The highest BCUT2D eigenvalue weighted by molar-refractivity contribution is 6.00. The van der Waals surface area contributed by atoms with Gasteiger partial charge in [0.05, 0.1) is 17.8 Å². The molecule has 9 heteroatoms. The van der Waals surface area contributed by atoms with Gasteiger partial charge in [-0.15, -0.1) is 0 Å². The van der Waals surface area contributed by atoms with Gasteiger partial charge in [0.1, 0.15) is 17.4 Å². The van der Waals surface area contributed by atoms with E-state index in [4.69, 9.17) is 9.47 Å². The highest BCUT2D eigenvalue weighted by Gasteiger charge is 2.65. The summed E-state index contributed by atoms with van der Waals surface area (Å²) in [4.78, 5) is 0. The Morgan fingerprint density at radius 2 is 1.62 bits per heavy atom. The van der Waals surface area contributed by atoms with Crippen LogP contribution in [-0.2, 0) is 16.1 Å². The average molecular weight is 379 g/mol. The van der Waals surface area contributed by atoms with E-state index in [9.17, 15) is 27.2 Å². The summed E-state index contributed by atoms with van der Waals surface area (Å²) in [5.41, 5.74) is -2.73. The van der Waals surface area contributed by atoms with Crippen LogP contribution in [0.15, 0.2) is 5.16 Å². The van der Waals surface area contributed by atoms with Crippen LogP contribution in [0, 0.1) is 35.0 Å². The van der Waals surface area contributed by atoms with Crippen LogP contribution in [0.25, 0.3) is 0 Å². The van der Waals surface area contributed by atoms with Crippen LogP contribution in [-0.4, -0.2) is 28.2 Å². The van der Waals surface area contributed by atoms with Crippen molar-refractivity contribution in [1.29, 1.82) is 0 Å². The highest BCUT2D eigenvalue weighted by Crippen LogP contribution is 2.53. The van der Waals surface area contributed by atoms with E-state index in [1.807, 2.05) is 13.8 Å². The van der Waals surface area contributed by atoms with Crippen LogP contribution in [0.4, 0.5) is 22.0 Å². The molecule has 0 radical (unpaired) electrons. The number of halogens is 5. The second-order valence-corrected chi connectivity index (χ2v) is 7.18. The first kappa shape index (κ1) is 19.0. The van der Waals surface area contributed by atoms with Gasteiger partial charge in [-0.05, 0) is 25.7 Å². The number of hydrogen-bond donors (Lipinski definition) is 1. The van der Waals surface area contributed by atoms with Crippen molar-refractivity contribution in [3.05, 3.63) is 34.6 Å². The molecule has 2 saturated heterocycles. The Bertz CT molecular complexity index is 755. The summed E-state index contributed by atoms with van der Waals surface area (Å²) < 4.78 is 79.0. The molecule has 0 amide bonds. The number of nitrogens with zero attached hydrogens (tertiary/aromatic N) is 1. The lowest BCUT2D eigenvalue weighted by Gasteiger charge is -2.32. The fourth-order valence-electron chi connectivity index (χ4n) is 3.87. The SMILES string of the molecule is CC(C)[C@]12CC[C@](C)(O1)[C@H](OCc1c(F)c(F)c(F)c(F)c1F)C2=NO.